The van der Waals surface area contributed by atoms with Crippen molar-refractivity contribution < 1.29 is 15.3 Å². The molecule has 0 radical (unpaired) electrons. The smallest absolute Gasteiger partial charge is 0.278 e. The van der Waals surface area contributed by atoms with Gasteiger partial charge in [-0.25, -0.2) is 4.98 Å². The largest absolute Gasteiger partial charge is 0.388 e. The Bertz CT molecular complexity index is 1780. The molecule has 4 aromatic carbocycles. The number of anilines is 1. The molecule has 9 heteroatoms. The number of imidazole rings is 1. The van der Waals surface area contributed by atoms with Crippen molar-refractivity contribution in [1.82, 2.24) is 19.9 Å². The Morgan fingerprint density at radius 3 is 2.50 bits per heavy atom. The Balaban J connectivity index is 1.51. The zero-order valence-electron chi connectivity index (χ0n) is 17.6. The van der Waals surface area contributed by atoms with Crippen LogP contribution in [0.3, 0.4) is 0 Å². The van der Waals surface area contributed by atoms with Gasteiger partial charge in [-0.05, 0) is 49.5 Å². The van der Waals surface area contributed by atoms with Crippen LogP contribution in [-0.2, 0) is 0 Å². The second-order valence-electron chi connectivity index (χ2n) is 8.80. The van der Waals surface area contributed by atoms with Crippen LogP contribution >= 0.6 is 0 Å². The maximum absolute atomic E-state index is 12.4. The maximum Gasteiger partial charge on any atom is 0.278 e. The number of H-pyrrole nitrogens is 2. The molecule has 0 fully saturated rings. The van der Waals surface area contributed by atoms with Gasteiger partial charge in [-0.2, -0.15) is 4.98 Å². The van der Waals surface area contributed by atoms with Crippen LogP contribution in [0.2, 0.25) is 0 Å². The van der Waals surface area contributed by atoms with E-state index in [-0.39, 0.29) is 17.1 Å². The highest BCUT2D eigenvalue weighted by molar-refractivity contribution is 6.24. The Labute approximate surface area is 191 Å². The summed E-state index contributed by atoms with van der Waals surface area (Å²) in [4.78, 5) is 26.2. The van der Waals surface area contributed by atoms with Crippen molar-refractivity contribution in [2.24, 2.45) is 0 Å². The molecule has 34 heavy (non-hydrogen) atoms. The molecule has 6 aromatic rings. The first-order chi connectivity index (χ1) is 16.5. The van der Waals surface area contributed by atoms with Gasteiger partial charge >= 0.3 is 0 Å². The maximum atomic E-state index is 12.4. The molecule has 1 aliphatic carbocycles. The average Bonchev–Trinajstić information content (AvgIpc) is 3.33. The van der Waals surface area contributed by atoms with Crippen molar-refractivity contribution in [3.8, 4) is 0 Å². The summed E-state index contributed by atoms with van der Waals surface area (Å²) in [7, 11) is 0. The van der Waals surface area contributed by atoms with E-state index in [0.717, 1.165) is 32.3 Å². The Morgan fingerprint density at radius 1 is 0.912 bits per heavy atom. The number of fused-ring (bicyclic) bond motifs is 3. The van der Waals surface area contributed by atoms with Gasteiger partial charge in [-0.3, -0.25) is 9.78 Å². The van der Waals surface area contributed by atoms with Crippen molar-refractivity contribution in [3.63, 3.8) is 0 Å². The highest BCUT2D eigenvalue weighted by Crippen LogP contribution is 2.46. The number of benzene rings is 4. The fraction of sp³-hybridized carbons (Fsp3) is 0.160. The van der Waals surface area contributed by atoms with Gasteiger partial charge in [0.25, 0.3) is 5.56 Å². The van der Waals surface area contributed by atoms with Crippen LogP contribution in [0.15, 0.2) is 59.7 Å². The number of hydrogen-bond donors (Lipinski definition) is 6. The van der Waals surface area contributed by atoms with Gasteiger partial charge in [-0.15, -0.1) is 0 Å². The molecule has 6 N–H and O–H groups in total. The van der Waals surface area contributed by atoms with Gasteiger partial charge < -0.3 is 25.6 Å². The topological polar surface area (TPSA) is 147 Å². The zero-order chi connectivity index (χ0) is 23.1. The van der Waals surface area contributed by atoms with Crippen molar-refractivity contribution in [3.05, 3.63) is 76.3 Å². The van der Waals surface area contributed by atoms with E-state index in [1.165, 1.54) is 6.33 Å². The third-order valence-electron chi connectivity index (χ3n) is 6.95. The van der Waals surface area contributed by atoms with Crippen molar-refractivity contribution >= 4 is 49.4 Å². The highest BCUT2D eigenvalue weighted by Gasteiger charge is 2.42. The average molecular weight is 453 g/mol. The lowest BCUT2D eigenvalue weighted by Gasteiger charge is -2.38. The minimum absolute atomic E-state index is 0.105. The predicted molar refractivity (Wildman–Crippen MR) is 128 cm³/mol. The SMILES string of the molecule is O=c1[nH]c(N[C@H]2c3c(cc4ccc5cccc6ccc3c4c56)[C@H](O)[C@@H](O)[C@H]2O)nc2nc[nH]c12. The van der Waals surface area contributed by atoms with Crippen molar-refractivity contribution in [1.29, 1.82) is 0 Å². The Morgan fingerprint density at radius 2 is 1.68 bits per heavy atom. The van der Waals surface area contributed by atoms with E-state index in [1.807, 2.05) is 36.4 Å². The van der Waals surface area contributed by atoms with Crippen LogP contribution in [0.5, 0.6) is 0 Å². The second-order valence-corrected chi connectivity index (χ2v) is 8.80. The Kier molecular flexibility index (Phi) is 3.85. The molecule has 0 saturated heterocycles. The molecule has 168 valence electrons. The standard InChI is InChI=1S/C25H19N5O4/c31-20-14-8-12-5-4-10-2-1-3-11-6-7-13(16(12)15(10)11)17(14)18(21(32)22(20)33)28-25-29-23-19(24(34)30-25)26-9-27-23/h1-9,18,20-22,31-33H,(H3,26,27,28,29,30,34)/t18-,20-,21-,22+/m0/s1. The number of aliphatic hydroxyl groups is 3. The first kappa shape index (κ1) is 19.4. The summed E-state index contributed by atoms with van der Waals surface area (Å²) in [5.41, 5.74) is 1.23. The summed E-state index contributed by atoms with van der Waals surface area (Å²) < 4.78 is 0. The normalized spacial score (nSPS) is 22.7. The monoisotopic (exact) mass is 453 g/mol. The van der Waals surface area contributed by atoms with Gasteiger partial charge in [0, 0.05) is 0 Å². The van der Waals surface area contributed by atoms with Crippen LogP contribution in [0.1, 0.15) is 23.3 Å². The Hall–Kier alpha value is -4.05. The molecule has 2 aromatic heterocycles. The molecule has 1 aliphatic rings. The second kappa shape index (κ2) is 6.73. The lowest BCUT2D eigenvalue weighted by atomic mass is 9.77. The lowest BCUT2D eigenvalue weighted by molar-refractivity contribution is -0.0767. The number of nitrogens with zero attached hydrogens (tertiary/aromatic N) is 2. The van der Waals surface area contributed by atoms with E-state index in [2.05, 4.69) is 37.4 Å². The minimum atomic E-state index is -1.43. The van der Waals surface area contributed by atoms with E-state index in [4.69, 9.17) is 0 Å². The molecule has 0 unspecified atom stereocenters. The first-order valence-corrected chi connectivity index (χ1v) is 11.0. The quantitative estimate of drug-likeness (QED) is 0.221. The third kappa shape index (κ3) is 2.51. The molecular weight excluding hydrogens is 434 g/mol. The molecule has 0 amide bonds. The van der Waals surface area contributed by atoms with Crippen molar-refractivity contribution in [2.75, 3.05) is 5.32 Å². The summed E-state index contributed by atoms with van der Waals surface area (Å²) in [6.45, 7) is 0. The third-order valence-corrected chi connectivity index (χ3v) is 6.95. The molecule has 9 nitrogen and oxygen atoms in total. The summed E-state index contributed by atoms with van der Waals surface area (Å²) in [5.74, 6) is 0.105. The fourth-order valence-electron chi connectivity index (χ4n) is 5.40. The summed E-state index contributed by atoms with van der Waals surface area (Å²) >= 11 is 0. The van der Waals surface area contributed by atoms with Crippen LogP contribution in [0.25, 0.3) is 43.5 Å². The van der Waals surface area contributed by atoms with Gasteiger partial charge in [0.1, 0.15) is 18.3 Å². The zero-order valence-corrected chi connectivity index (χ0v) is 17.6. The van der Waals surface area contributed by atoms with E-state index < -0.39 is 29.9 Å². The molecule has 7 rings (SSSR count). The summed E-state index contributed by atoms with van der Waals surface area (Å²) in [5, 5.41) is 41.8. The molecule has 4 atom stereocenters. The van der Waals surface area contributed by atoms with E-state index >= 15 is 0 Å². The minimum Gasteiger partial charge on any atom is -0.388 e. The van der Waals surface area contributed by atoms with Crippen molar-refractivity contribution in [2.45, 2.75) is 24.4 Å². The lowest BCUT2D eigenvalue weighted by Crippen LogP contribution is -2.44. The number of aromatic amines is 2. The molecule has 0 saturated carbocycles. The van der Waals surface area contributed by atoms with Gasteiger partial charge in [-0.1, -0.05) is 42.5 Å². The number of rotatable bonds is 2. The van der Waals surface area contributed by atoms with E-state index in [9.17, 15) is 20.1 Å². The van der Waals surface area contributed by atoms with E-state index in [0.29, 0.717) is 11.1 Å². The summed E-state index contributed by atoms with van der Waals surface area (Å²) in [6, 6.07) is 15.2. The molecule has 0 aliphatic heterocycles. The number of nitrogens with one attached hydrogen (secondary N) is 3. The van der Waals surface area contributed by atoms with Crippen LogP contribution in [0.4, 0.5) is 5.95 Å². The number of aromatic nitrogens is 4. The summed E-state index contributed by atoms with van der Waals surface area (Å²) in [6.07, 6.45) is -2.68. The highest BCUT2D eigenvalue weighted by atomic mass is 16.4. The first-order valence-electron chi connectivity index (χ1n) is 11.0. The molecule has 0 spiro atoms. The molecule has 2 heterocycles. The van der Waals surface area contributed by atoms with Gasteiger partial charge in [0.15, 0.2) is 11.2 Å². The van der Waals surface area contributed by atoms with Gasteiger partial charge in [0.2, 0.25) is 5.95 Å². The molecular formula is C25H19N5O4. The number of aliphatic hydroxyl groups excluding tert-OH is 3. The molecule has 0 bridgehead atoms. The van der Waals surface area contributed by atoms with Gasteiger partial charge in [0.05, 0.1) is 12.4 Å². The van der Waals surface area contributed by atoms with E-state index in [1.54, 1.807) is 0 Å². The fourth-order valence-corrected chi connectivity index (χ4v) is 5.40. The van der Waals surface area contributed by atoms with Crippen LogP contribution < -0.4 is 10.9 Å². The predicted octanol–water partition coefficient (Wildman–Crippen LogP) is 2.47. The number of hydrogen-bond acceptors (Lipinski definition) is 7. The van der Waals surface area contributed by atoms with Crippen LogP contribution in [-0.4, -0.2) is 47.5 Å². The van der Waals surface area contributed by atoms with Crippen LogP contribution in [0, 0.1) is 0 Å².